The summed E-state index contributed by atoms with van der Waals surface area (Å²) in [5.74, 6) is 2.03. The third kappa shape index (κ3) is 3.77. The SMILES string of the molecule is C=C1C[C@@H]2C(=CC[C@H]3C(C)(C)[C@@H](O)CC[C@]23C)[C@]2(C)CC[C@H]([C@H](C)CCC=C(C)C(=O)O)[C@H]12. The molecule has 4 aliphatic rings. The highest BCUT2D eigenvalue weighted by atomic mass is 16.4. The lowest BCUT2D eigenvalue weighted by atomic mass is 9.42. The molecule has 184 valence electrons. The van der Waals surface area contributed by atoms with Crippen molar-refractivity contribution in [1.82, 2.24) is 0 Å². The number of aliphatic carboxylic acids is 1. The molecule has 33 heavy (non-hydrogen) atoms. The Bertz CT molecular complexity index is 879. The lowest BCUT2D eigenvalue weighted by Crippen LogP contribution is -2.56. The number of carbonyl (C=O) groups is 1. The molecule has 0 aromatic rings. The van der Waals surface area contributed by atoms with Gasteiger partial charge in [0, 0.05) is 5.57 Å². The third-order valence-electron chi connectivity index (χ3n) is 11.1. The molecule has 0 unspecified atom stereocenters. The Morgan fingerprint density at radius 3 is 2.61 bits per heavy atom. The Kier molecular flexibility index (Phi) is 6.30. The Morgan fingerprint density at radius 1 is 1.24 bits per heavy atom. The Labute approximate surface area is 201 Å². The summed E-state index contributed by atoms with van der Waals surface area (Å²) in [6, 6.07) is 0. The molecule has 0 spiro atoms. The fourth-order valence-corrected chi connectivity index (χ4v) is 8.99. The summed E-state index contributed by atoms with van der Waals surface area (Å²) >= 11 is 0. The molecule has 3 heteroatoms. The van der Waals surface area contributed by atoms with Gasteiger partial charge in [-0.1, -0.05) is 64.5 Å². The summed E-state index contributed by atoms with van der Waals surface area (Å²) in [4.78, 5) is 11.1. The van der Waals surface area contributed by atoms with Crippen molar-refractivity contribution in [3.05, 3.63) is 35.5 Å². The summed E-state index contributed by atoms with van der Waals surface area (Å²) in [6.45, 7) is 18.4. The summed E-state index contributed by atoms with van der Waals surface area (Å²) < 4.78 is 0. The van der Waals surface area contributed by atoms with Gasteiger partial charge in [-0.2, -0.15) is 0 Å². The molecular weight excluding hydrogens is 408 g/mol. The van der Waals surface area contributed by atoms with Crippen LogP contribution in [0.3, 0.4) is 0 Å². The first-order valence-corrected chi connectivity index (χ1v) is 13.3. The molecule has 0 aromatic heterocycles. The summed E-state index contributed by atoms with van der Waals surface area (Å²) in [5.41, 5.74) is 4.04. The molecule has 0 saturated heterocycles. The van der Waals surface area contributed by atoms with Gasteiger partial charge in [0.1, 0.15) is 0 Å². The maximum atomic E-state index is 11.1. The number of aliphatic hydroxyl groups excluding tert-OH is 1. The van der Waals surface area contributed by atoms with Crippen LogP contribution >= 0.6 is 0 Å². The molecular formula is C30H46O3. The van der Waals surface area contributed by atoms with E-state index in [-0.39, 0.29) is 22.3 Å². The van der Waals surface area contributed by atoms with Crippen LogP contribution in [0.1, 0.15) is 92.9 Å². The normalized spacial score (nSPS) is 43.2. The first-order chi connectivity index (χ1) is 15.3. The zero-order valence-electron chi connectivity index (χ0n) is 21.8. The van der Waals surface area contributed by atoms with Crippen molar-refractivity contribution in [1.29, 1.82) is 0 Å². The number of aliphatic hydroxyl groups is 1. The monoisotopic (exact) mass is 454 g/mol. The van der Waals surface area contributed by atoms with Crippen LogP contribution in [0.15, 0.2) is 35.5 Å². The van der Waals surface area contributed by atoms with E-state index in [9.17, 15) is 9.90 Å². The number of carboxylic acids is 1. The van der Waals surface area contributed by atoms with Gasteiger partial charge < -0.3 is 10.2 Å². The second-order valence-corrected chi connectivity index (χ2v) is 13.1. The number of fused-ring (bicyclic) bond motifs is 5. The zero-order chi connectivity index (χ0) is 24.3. The van der Waals surface area contributed by atoms with Gasteiger partial charge in [-0.05, 0) is 104 Å². The van der Waals surface area contributed by atoms with Crippen molar-refractivity contribution < 1.29 is 15.0 Å². The molecule has 3 fully saturated rings. The van der Waals surface area contributed by atoms with Crippen LogP contribution in [0, 0.1) is 45.8 Å². The minimum Gasteiger partial charge on any atom is -0.478 e. The van der Waals surface area contributed by atoms with Crippen molar-refractivity contribution in [2.75, 3.05) is 0 Å². The molecule has 0 aromatic carbocycles. The Hall–Kier alpha value is -1.35. The lowest BCUT2D eigenvalue weighted by Gasteiger charge is -2.62. The molecule has 0 bridgehead atoms. The van der Waals surface area contributed by atoms with Crippen molar-refractivity contribution in [3.8, 4) is 0 Å². The van der Waals surface area contributed by atoms with Crippen LogP contribution in [0.4, 0.5) is 0 Å². The first kappa shape index (κ1) is 24.8. The Morgan fingerprint density at radius 2 is 1.94 bits per heavy atom. The molecule has 0 heterocycles. The molecule has 8 atom stereocenters. The van der Waals surface area contributed by atoms with E-state index in [1.807, 2.05) is 6.08 Å². The van der Waals surface area contributed by atoms with E-state index >= 15 is 0 Å². The van der Waals surface area contributed by atoms with Crippen LogP contribution < -0.4 is 0 Å². The standard InChI is InChI=1S/C30H46O3/c1-18(9-8-10-19(2)27(32)33)21-13-15-30(7)22-11-12-24-28(4,5)25(31)14-16-29(24,6)23(22)17-20(3)26(21)30/h10-11,18,21,23-26,31H,3,8-9,12-17H2,1-2,4-7H3,(H,32,33)/t18-,21-,23-,24+,25+,26+,29-,30+/m1/s1. The predicted octanol–water partition coefficient (Wildman–Crippen LogP) is 7.18. The van der Waals surface area contributed by atoms with Crippen molar-refractivity contribution in [3.63, 3.8) is 0 Å². The smallest absolute Gasteiger partial charge is 0.330 e. The van der Waals surface area contributed by atoms with Crippen LogP contribution in [0.5, 0.6) is 0 Å². The maximum Gasteiger partial charge on any atom is 0.330 e. The fraction of sp³-hybridized carbons (Fsp3) is 0.767. The fourth-order valence-electron chi connectivity index (χ4n) is 8.99. The van der Waals surface area contributed by atoms with Crippen LogP contribution in [0.25, 0.3) is 0 Å². The van der Waals surface area contributed by atoms with Gasteiger partial charge in [0.15, 0.2) is 0 Å². The minimum atomic E-state index is -0.808. The van der Waals surface area contributed by atoms with Crippen LogP contribution in [-0.4, -0.2) is 22.3 Å². The van der Waals surface area contributed by atoms with Crippen LogP contribution in [-0.2, 0) is 4.79 Å². The molecule has 0 amide bonds. The van der Waals surface area contributed by atoms with Gasteiger partial charge in [-0.3, -0.25) is 0 Å². The van der Waals surface area contributed by atoms with Crippen molar-refractivity contribution in [2.45, 2.75) is 99.0 Å². The number of carboxylic acid groups (broad SMARTS) is 1. The van der Waals surface area contributed by atoms with Gasteiger partial charge >= 0.3 is 5.97 Å². The summed E-state index contributed by atoms with van der Waals surface area (Å²) in [5, 5.41) is 19.9. The maximum absolute atomic E-state index is 11.1. The molecule has 4 rings (SSSR count). The number of hydrogen-bond acceptors (Lipinski definition) is 2. The van der Waals surface area contributed by atoms with Crippen molar-refractivity contribution in [2.24, 2.45) is 45.8 Å². The lowest BCUT2D eigenvalue weighted by molar-refractivity contribution is -0.132. The number of hydrogen-bond donors (Lipinski definition) is 2. The van der Waals surface area contributed by atoms with E-state index < -0.39 is 5.97 Å². The first-order valence-electron chi connectivity index (χ1n) is 13.3. The molecule has 2 N–H and O–H groups in total. The molecule has 3 nitrogen and oxygen atoms in total. The highest BCUT2D eigenvalue weighted by Crippen LogP contribution is 2.70. The van der Waals surface area contributed by atoms with E-state index in [2.05, 4.69) is 40.7 Å². The highest BCUT2D eigenvalue weighted by Gasteiger charge is 2.62. The van der Waals surface area contributed by atoms with Gasteiger partial charge in [-0.15, -0.1) is 0 Å². The topological polar surface area (TPSA) is 57.5 Å². The predicted molar refractivity (Wildman–Crippen MR) is 135 cm³/mol. The van der Waals surface area contributed by atoms with Crippen LogP contribution in [0.2, 0.25) is 0 Å². The van der Waals surface area contributed by atoms with Gasteiger partial charge in [0.25, 0.3) is 0 Å². The Balaban J connectivity index is 1.58. The molecule has 4 aliphatic carbocycles. The summed E-state index contributed by atoms with van der Waals surface area (Å²) in [6.07, 6.45) is 12.9. The zero-order valence-corrected chi connectivity index (χ0v) is 21.8. The molecule has 3 saturated carbocycles. The average molecular weight is 455 g/mol. The van der Waals surface area contributed by atoms with E-state index in [0.29, 0.717) is 35.2 Å². The van der Waals surface area contributed by atoms with Crippen molar-refractivity contribution >= 4 is 5.97 Å². The quantitative estimate of drug-likeness (QED) is 0.342. The van der Waals surface area contributed by atoms with E-state index in [1.165, 1.54) is 18.4 Å². The second kappa shape index (κ2) is 8.40. The van der Waals surface area contributed by atoms with Gasteiger partial charge in [0.05, 0.1) is 6.10 Å². The summed E-state index contributed by atoms with van der Waals surface area (Å²) in [7, 11) is 0. The van der Waals surface area contributed by atoms with Gasteiger partial charge in [0.2, 0.25) is 0 Å². The van der Waals surface area contributed by atoms with E-state index in [4.69, 9.17) is 11.7 Å². The molecule has 0 radical (unpaired) electrons. The van der Waals surface area contributed by atoms with E-state index in [1.54, 1.807) is 12.5 Å². The highest BCUT2D eigenvalue weighted by molar-refractivity contribution is 5.85. The average Bonchev–Trinajstić information content (AvgIpc) is 3.11. The third-order valence-corrected chi connectivity index (χ3v) is 11.1. The number of allylic oxidation sites excluding steroid dienone is 4. The largest absolute Gasteiger partial charge is 0.478 e. The number of rotatable bonds is 5. The molecule has 0 aliphatic heterocycles. The van der Waals surface area contributed by atoms with E-state index in [0.717, 1.165) is 38.5 Å². The minimum absolute atomic E-state index is 0.0392. The second-order valence-electron chi connectivity index (χ2n) is 13.1. The van der Waals surface area contributed by atoms with Gasteiger partial charge in [-0.25, -0.2) is 4.79 Å².